The van der Waals surface area contributed by atoms with Crippen LogP contribution in [0.3, 0.4) is 0 Å². The minimum Gasteiger partial charge on any atom is -0.362 e. The lowest BCUT2D eigenvalue weighted by atomic mass is 9.99. The number of aromatic nitrogens is 3. The molecule has 0 saturated carbocycles. The highest BCUT2D eigenvalue weighted by Gasteiger charge is 2.16. The van der Waals surface area contributed by atoms with Gasteiger partial charge in [0.1, 0.15) is 5.82 Å². The molecule has 0 bridgehead atoms. The maximum atomic E-state index is 5.47. The number of rotatable bonds is 8. The summed E-state index contributed by atoms with van der Waals surface area (Å²) in [6.45, 7) is 6.45. The molecule has 0 fully saturated rings. The number of unbranched alkanes of at least 4 members (excludes halogenated alkanes) is 1. The van der Waals surface area contributed by atoms with E-state index in [1.54, 1.807) is 0 Å². The van der Waals surface area contributed by atoms with Gasteiger partial charge in [0.25, 0.3) is 0 Å². The zero-order valence-electron chi connectivity index (χ0n) is 17.2. The minimum atomic E-state index is 0.685. The number of thiocarbonyl (C=S) groups is 1. The van der Waals surface area contributed by atoms with Crippen LogP contribution in [0.5, 0.6) is 0 Å². The first-order chi connectivity index (χ1) is 13.7. The number of benzene rings is 1. The van der Waals surface area contributed by atoms with E-state index < -0.39 is 0 Å². The van der Waals surface area contributed by atoms with Crippen molar-refractivity contribution >= 4 is 23.0 Å². The summed E-state index contributed by atoms with van der Waals surface area (Å²) < 4.78 is 2.28. The Morgan fingerprint density at radius 1 is 1.14 bits per heavy atom. The number of nitrogens with zero attached hydrogens (tertiary/aromatic N) is 3. The molecular weight excluding hydrogens is 366 g/mol. The largest absolute Gasteiger partial charge is 0.362 e. The molecule has 152 valence electrons. The van der Waals surface area contributed by atoms with Crippen LogP contribution in [0, 0.1) is 5.92 Å². The smallest absolute Gasteiger partial charge is 0.170 e. The molecule has 2 aromatic rings. The van der Waals surface area contributed by atoms with E-state index in [1.165, 1.54) is 44.9 Å². The second kappa shape index (κ2) is 10.6. The number of hydrogen-bond donors (Lipinski definition) is 2. The molecule has 28 heavy (non-hydrogen) atoms. The zero-order valence-corrected chi connectivity index (χ0v) is 18.0. The number of aryl methyl sites for hydroxylation is 1. The van der Waals surface area contributed by atoms with Crippen LogP contribution in [0.4, 0.5) is 5.69 Å². The second-order valence-corrected chi connectivity index (χ2v) is 8.14. The van der Waals surface area contributed by atoms with Gasteiger partial charge in [-0.15, -0.1) is 10.2 Å². The molecule has 2 heterocycles. The van der Waals surface area contributed by atoms with Crippen molar-refractivity contribution in [1.29, 1.82) is 0 Å². The Morgan fingerprint density at radius 3 is 2.71 bits per heavy atom. The summed E-state index contributed by atoms with van der Waals surface area (Å²) in [7, 11) is 0. The summed E-state index contributed by atoms with van der Waals surface area (Å²) in [6, 6.07) is 8.33. The third-order valence-corrected chi connectivity index (χ3v) is 5.85. The first kappa shape index (κ1) is 20.8. The van der Waals surface area contributed by atoms with Gasteiger partial charge in [0.15, 0.2) is 10.9 Å². The number of hydrogen-bond acceptors (Lipinski definition) is 3. The van der Waals surface area contributed by atoms with Crippen molar-refractivity contribution in [3.8, 4) is 11.4 Å². The first-order valence-electron chi connectivity index (χ1n) is 10.8. The lowest BCUT2D eigenvalue weighted by Gasteiger charge is -2.17. The van der Waals surface area contributed by atoms with Crippen LogP contribution in [-0.2, 0) is 13.0 Å². The normalized spacial score (nSPS) is 14.8. The van der Waals surface area contributed by atoms with Gasteiger partial charge < -0.3 is 15.2 Å². The van der Waals surface area contributed by atoms with Gasteiger partial charge in [0, 0.05) is 30.8 Å². The molecule has 0 saturated heterocycles. The summed E-state index contributed by atoms with van der Waals surface area (Å²) in [5.41, 5.74) is 2.11. The van der Waals surface area contributed by atoms with Gasteiger partial charge in [-0.1, -0.05) is 39.5 Å². The van der Waals surface area contributed by atoms with Crippen molar-refractivity contribution in [2.75, 3.05) is 11.9 Å². The summed E-state index contributed by atoms with van der Waals surface area (Å²) in [4.78, 5) is 0. The fourth-order valence-electron chi connectivity index (χ4n) is 3.76. The average Bonchev–Trinajstić information content (AvgIpc) is 2.97. The Kier molecular flexibility index (Phi) is 7.83. The lowest BCUT2D eigenvalue weighted by Crippen LogP contribution is -2.32. The standard InChI is InChI=1S/C22H33N5S/c1-3-5-9-17(4-2)16-23-22(28)24-19-13-11-18(12-14-19)21-26-25-20-10-7-6-8-15-27(20)21/h11-14,17H,3-10,15-16H2,1-2H3,(H2,23,24,28)/t17-/m0/s1. The maximum absolute atomic E-state index is 5.47. The molecule has 6 heteroatoms. The quantitative estimate of drug-likeness (QED) is 0.600. The van der Waals surface area contributed by atoms with Crippen molar-refractivity contribution in [2.24, 2.45) is 5.92 Å². The number of anilines is 1. The maximum Gasteiger partial charge on any atom is 0.170 e. The molecule has 0 spiro atoms. The SMILES string of the molecule is CCCC[C@H](CC)CNC(=S)Nc1ccc(-c2nnc3n2CCCCC3)cc1. The van der Waals surface area contributed by atoms with Gasteiger partial charge in [-0.2, -0.15) is 0 Å². The van der Waals surface area contributed by atoms with Gasteiger partial charge in [-0.3, -0.25) is 0 Å². The van der Waals surface area contributed by atoms with Crippen LogP contribution >= 0.6 is 12.2 Å². The molecule has 0 unspecified atom stereocenters. The molecule has 1 aromatic heterocycles. The van der Waals surface area contributed by atoms with E-state index in [2.05, 4.69) is 63.5 Å². The molecule has 5 nitrogen and oxygen atoms in total. The summed E-state index contributed by atoms with van der Waals surface area (Å²) in [5, 5.41) is 16.2. The Bertz CT molecular complexity index is 753. The van der Waals surface area contributed by atoms with E-state index in [-0.39, 0.29) is 0 Å². The minimum absolute atomic E-state index is 0.685. The summed E-state index contributed by atoms with van der Waals surface area (Å²) in [5.74, 6) is 2.78. The van der Waals surface area contributed by atoms with E-state index in [0.717, 1.165) is 42.4 Å². The van der Waals surface area contributed by atoms with E-state index in [9.17, 15) is 0 Å². The van der Waals surface area contributed by atoms with Crippen LogP contribution < -0.4 is 10.6 Å². The van der Waals surface area contributed by atoms with Crippen LogP contribution in [0.1, 0.15) is 64.6 Å². The van der Waals surface area contributed by atoms with Crippen molar-refractivity contribution in [1.82, 2.24) is 20.1 Å². The Hall–Kier alpha value is -1.95. The van der Waals surface area contributed by atoms with Crippen molar-refractivity contribution in [2.45, 2.75) is 71.8 Å². The third kappa shape index (κ3) is 5.53. The van der Waals surface area contributed by atoms with Gasteiger partial charge >= 0.3 is 0 Å². The van der Waals surface area contributed by atoms with E-state index in [4.69, 9.17) is 12.2 Å². The second-order valence-electron chi connectivity index (χ2n) is 7.73. The summed E-state index contributed by atoms with van der Waals surface area (Å²) in [6.07, 6.45) is 9.70. The molecule has 0 aliphatic carbocycles. The molecule has 2 N–H and O–H groups in total. The Labute approximate surface area is 174 Å². The Morgan fingerprint density at radius 2 is 1.96 bits per heavy atom. The average molecular weight is 400 g/mol. The number of nitrogens with one attached hydrogen (secondary N) is 2. The molecular formula is C22H33N5S. The topological polar surface area (TPSA) is 54.8 Å². The molecule has 0 amide bonds. The molecule has 3 rings (SSSR count). The highest BCUT2D eigenvalue weighted by Crippen LogP contribution is 2.24. The van der Waals surface area contributed by atoms with E-state index >= 15 is 0 Å². The third-order valence-electron chi connectivity index (χ3n) is 5.61. The van der Waals surface area contributed by atoms with Gasteiger partial charge in [0.05, 0.1) is 0 Å². The highest BCUT2D eigenvalue weighted by molar-refractivity contribution is 7.80. The van der Waals surface area contributed by atoms with Crippen molar-refractivity contribution in [3.05, 3.63) is 30.1 Å². The monoisotopic (exact) mass is 399 g/mol. The highest BCUT2D eigenvalue weighted by atomic mass is 32.1. The van der Waals surface area contributed by atoms with Crippen LogP contribution in [0.25, 0.3) is 11.4 Å². The number of fused-ring (bicyclic) bond motifs is 1. The van der Waals surface area contributed by atoms with Gasteiger partial charge in [0.2, 0.25) is 0 Å². The first-order valence-corrected chi connectivity index (χ1v) is 11.2. The lowest BCUT2D eigenvalue weighted by molar-refractivity contribution is 0.446. The van der Waals surface area contributed by atoms with Crippen LogP contribution in [-0.4, -0.2) is 26.4 Å². The van der Waals surface area contributed by atoms with Gasteiger partial charge in [-0.05, 0) is 61.7 Å². The fourth-order valence-corrected chi connectivity index (χ4v) is 3.96. The predicted molar refractivity (Wildman–Crippen MR) is 121 cm³/mol. The predicted octanol–water partition coefficient (Wildman–Crippen LogP) is 5.17. The van der Waals surface area contributed by atoms with E-state index in [1.807, 2.05) is 0 Å². The van der Waals surface area contributed by atoms with Crippen LogP contribution in [0.15, 0.2) is 24.3 Å². The summed E-state index contributed by atoms with van der Waals surface area (Å²) >= 11 is 5.47. The fraction of sp³-hybridized carbons (Fsp3) is 0.591. The molecule has 1 aliphatic heterocycles. The molecule has 1 aromatic carbocycles. The van der Waals surface area contributed by atoms with E-state index in [0.29, 0.717) is 11.0 Å². The molecule has 0 radical (unpaired) electrons. The van der Waals surface area contributed by atoms with Crippen LogP contribution in [0.2, 0.25) is 0 Å². The molecule has 1 aliphatic rings. The van der Waals surface area contributed by atoms with Gasteiger partial charge in [-0.25, -0.2) is 0 Å². The van der Waals surface area contributed by atoms with Crippen molar-refractivity contribution in [3.63, 3.8) is 0 Å². The van der Waals surface area contributed by atoms with Crippen molar-refractivity contribution < 1.29 is 0 Å². The zero-order chi connectivity index (χ0) is 19.8. The Balaban J connectivity index is 1.56. The molecule has 1 atom stereocenters.